The van der Waals surface area contributed by atoms with Crippen molar-refractivity contribution in [3.8, 4) is 5.75 Å². The van der Waals surface area contributed by atoms with Crippen molar-refractivity contribution in [3.05, 3.63) is 51.7 Å². The van der Waals surface area contributed by atoms with Gasteiger partial charge >= 0.3 is 0 Å². The van der Waals surface area contributed by atoms with E-state index in [-0.39, 0.29) is 0 Å². The van der Waals surface area contributed by atoms with Crippen molar-refractivity contribution in [2.75, 3.05) is 7.05 Å². The van der Waals surface area contributed by atoms with Crippen molar-refractivity contribution in [3.63, 3.8) is 0 Å². The summed E-state index contributed by atoms with van der Waals surface area (Å²) in [6.45, 7) is 0. The standard InChI is InChI=1S/C17H19NOS/c1-18-15(16-3-2-8-20-16)7-5-12-9-11-4-6-13(19)10-14(11)17(12)18/h2-4,6,8,10,12,15,17,19H,5,7,9H2,1H3. The molecule has 1 aliphatic carbocycles. The number of hydrogen-bond acceptors (Lipinski definition) is 3. The molecule has 1 saturated heterocycles. The van der Waals surface area contributed by atoms with Crippen molar-refractivity contribution < 1.29 is 5.11 Å². The van der Waals surface area contributed by atoms with Gasteiger partial charge in [-0.25, -0.2) is 0 Å². The van der Waals surface area contributed by atoms with E-state index in [2.05, 4.69) is 35.5 Å². The maximum absolute atomic E-state index is 9.81. The van der Waals surface area contributed by atoms with Gasteiger partial charge in [0.25, 0.3) is 0 Å². The summed E-state index contributed by atoms with van der Waals surface area (Å²) in [4.78, 5) is 4.00. The summed E-state index contributed by atoms with van der Waals surface area (Å²) >= 11 is 1.86. The van der Waals surface area contributed by atoms with E-state index in [1.54, 1.807) is 0 Å². The molecule has 1 aliphatic heterocycles. The highest BCUT2D eigenvalue weighted by Gasteiger charge is 2.41. The Bertz CT molecular complexity index is 622. The zero-order valence-electron chi connectivity index (χ0n) is 11.6. The van der Waals surface area contributed by atoms with Crippen molar-refractivity contribution in [1.29, 1.82) is 0 Å². The maximum Gasteiger partial charge on any atom is 0.115 e. The fourth-order valence-corrected chi connectivity index (χ4v) is 5.01. The molecule has 1 fully saturated rings. The number of nitrogens with zero attached hydrogens (tertiary/aromatic N) is 1. The molecule has 3 atom stereocenters. The second-order valence-corrected chi connectivity index (χ2v) is 7.05. The predicted octanol–water partition coefficient (Wildman–Crippen LogP) is 4.13. The van der Waals surface area contributed by atoms with Crippen molar-refractivity contribution in [1.82, 2.24) is 4.90 Å². The molecule has 0 bridgehead atoms. The van der Waals surface area contributed by atoms with E-state index in [0.29, 0.717) is 23.8 Å². The number of rotatable bonds is 1. The summed E-state index contributed by atoms with van der Waals surface area (Å²) in [6, 6.07) is 11.3. The highest BCUT2D eigenvalue weighted by Crippen LogP contribution is 2.51. The molecule has 2 aromatic rings. The van der Waals surface area contributed by atoms with Crippen LogP contribution in [0.1, 0.15) is 40.9 Å². The van der Waals surface area contributed by atoms with E-state index in [9.17, 15) is 5.11 Å². The second kappa shape index (κ2) is 4.61. The van der Waals surface area contributed by atoms with Crippen LogP contribution in [0.5, 0.6) is 5.75 Å². The molecule has 0 spiro atoms. The SMILES string of the molecule is CN1C(c2cccs2)CCC2Cc3ccc(O)cc3C21. The fraction of sp³-hybridized carbons (Fsp3) is 0.412. The summed E-state index contributed by atoms with van der Waals surface area (Å²) < 4.78 is 0. The summed E-state index contributed by atoms with van der Waals surface area (Å²) in [5.74, 6) is 1.11. The summed E-state index contributed by atoms with van der Waals surface area (Å²) in [7, 11) is 2.25. The van der Waals surface area contributed by atoms with E-state index >= 15 is 0 Å². The van der Waals surface area contributed by atoms with Crippen LogP contribution in [0.3, 0.4) is 0 Å². The first-order chi connectivity index (χ1) is 9.74. The monoisotopic (exact) mass is 285 g/mol. The second-order valence-electron chi connectivity index (χ2n) is 6.07. The van der Waals surface area contributed by atoms with Gasteiger partial charge in [-0.3, -0.25) is 4.90 Å². The van der Waals surface area contributed by atoms with E-state index in [0.717, 1.165) is 0 Å². The molecule has 3 unspecified atom stereocenters. The first kappa shape index (κ1) is 12.4. The number of hydrogen-bond donors (Lipinski definition) is 1. The molecule has 2 aliphatic rings. The summed E-state index contributed by atoms with van der Waals surface area (Å²) in [5.41, 5.74) is 2.77. The average Bonchev–Trinajstić information content (AvgIpc) is 3.06. The lowest BCUT2D eigenvalue weighted by Gasteiger charge is -2.41. The Labute approximate surface area is 123 Å². The van der Waals surface area contributed by atoms with Gasteiger partial charge in [-0.2, -0.15) is 0 Å². The van der Waals surface area contributed by atoms with E-state index in [1.807, 2.05) is 23.5 Å². The Balaban J connectivity index is 1.72. The number of fused-ring (bicyclic) bond motifs is 3. The van der Waals surface area contributed by atoms with Crippen molar-refractivity contribution >= 4 is 11.3 Å². The molecule has 2 nitrogen and oxygen atoms in total. The maximum atomic E-state index is 9.81. The van der Waals surface area contributed by atoms with Gasteiger partial charge in [0.2, 0.25) is 0 Å². The first-order valence-electron chi connectivity index (χ1n) is 7.31. The number of piperidine rings is 1. The van der Waals surface area contributed by atoms with Gasteiger partial charge in [-0.05, 0) is 66.9 Å². The molecule has 1 N–H and O–H groups in total. The summed E-state index contributed by atoms with van der Waals surface area (Å²) in [6.07, 6.45) is 3.70. The van der Waals surface area contributed by atoms with E-state index in [4.69, 9.17) is 0 Å². The third kappa shape index (κ3) is 1.80. The minimum atomic E-state index is 0.399. The highest BCUT2D eigenvalue weighted by molar-refractivity contribution is 7.10. The lowest BCUT2D eigenvalue weighted by atomic mass is 9.86. The molecule has 104 valence electrons. The predicted molar refractivity (Wildman–Crippen MR) is 82.1 cm³/mol. The molecule has 1 aromatic heterocycles. The van der Waals surface area contributed by atoms with Crippen LogP contribution in [0.25, 0.3) is 0 Å². The van der Waals surface area contributed by atoms with Gasteiger partial charge < -0.3 is 5.11 Å². The molecule has 3 heteroatoms. The molecular weight excluding hydrogens is 266 g/mol. The van der Waals surface area contributed by atoms with Gasteiger partial charge in [0, 0.05) is 17.0 Å². The fourth-order valence-electron chi connectivity index (χ4n) is 4.10. The average molecular weight is 285 g/mol. The van der Waals surface area contributed by atoms with Crippen LogP contribution in [0, 0.1) is 5.92 Å². The number of phenols is 1. The minimum absolute atomic E-state index is 0.399. The quantitative estimate of drug-likeness (QED) is 0.851. The Morgan fingerprint density at radius 3 is 2.95 bits per heavy atom. The van der Waals surface area contributed by atoms with Gasteiger partial charge in [0.05, 0.1) is 0 Å². The Kier molecular flexibility index (Phi) is 2.86. The van der Waals surface area contributed by atoms with Gasteiger partial charge in [0.15, 0.2) is 0 Å². The molecule has 0 radical (unpaired) electrons. The van der Waals surface area contributed by atoms with Crippen LogP contribution < -0.4 is 0 Å². The van der Waals surface area contributed by atoms with Gasteiger partial charge in [-0.1, -0.05) is 12.1 Å². The number of benzene rings is 1. The normalized spacial score (nSPS) is 29.1. The molecular formula is C17H19NOS. The topological polar surface area (TPSA) is 23.5 Å². The molecule has 0 amide bonds. The third-order valence-corrected chi connectivity index (χ3v) is 5.96. The Morgan fingerprint density at radius 1 is 1.25 bits per heavy atom. The molecule has 20 heavy (non-hydrogen) atoms. The first-order valence-corrected chi connectivity index (χ1v) is 8.19. The smallest absolute Gasteiger partial charge is 0.115 e. The summed E-state index contributed by atoms with van der Waals surface area (Å²) in [5, 5.41) is 12.0. The lowest BCUT2D eigenvalue weighted by Crippen LogP contribution is -2.36. The molecule has 0 saturated carbocycles. The van der Waals surface area contributed by atoms with Crippen LogP contribution in [-0.4, -0.2) is 17.1 Å². The zero-order valence-corrected chi connectivity index (χ0v) is 12.4. The van der Waals surface area contributed by atoms with Gasteiger partial charge in [0.1, 0.15) is 5.75 Å². The zero-order chi connectivity index (χ0) is 13.7. The van der Waals surface area contributed by atoms with E-state index < -0.39 is 0 Å². The number of aromatic hydroxyl groups is 1. The van der Waals surface area contributed by atoms with Crippen LogP contribution in [0.4, 0.5) is 0 Å². The van der Waals surface area contributed by atoms with Crippen LogP contribution in [0.2, 0.25) is 0 Å². The lowest BCUT2D eigenvalue weighted by molar-refractivity contribution is 0.0758. The third-order valence-electron chi connectivity index (χ3n) is 4.99. The Hall–Kier alpha value is -1.32. The Morgan fingerprint density at radius 2 is 2.15 bits per heavy atom. The highest BCUT2D eigenvalue weighted by atomic mass is 32.1. The van der Waals surface area contributed by atoms with Crippen LogP contribution >= 0.6 is 11.3 Å². The molecule has 1 aromatic carbocycles. The van der Waals surface area contributed by atoms with Crippen LogP contribution in [-0.2, 0) is 6.42 Å². The van der Waals surface area contributed by atoms with Crippen molar-refractivity contribution in [2.24, 2.45) is 5.92 Å². The largest absolute Gasteiger partial charge is 0.508 e. The van der Waals surface area contributed by atoms with Crippen LogP contribution in [0.15, 0.2) is 35.7 Å². The van der Waals surface area contributed by atoms with E-state index in [1.165, 1.54) is 35.3 Å². The minimum Gasteiger partial charge on any atom is -0.508 e. The van der Waals surface area contributed by atoms with Gasteiger partial charge in [-0.15, -0.1) is 11.3 Å². The number of thiophene rings is 1. The number of phenolic OH excluding ortho intramolecular Hbond substituents is 1. The molecule has 2 heterocycles. The molecule has 4 rings (SSSR count). The number of likely N-dealkylation sites (tertiary alicyclic amines) is 1. The van der Waals surface area contributed by atoms with Crippen molar-refractivity contribution in [2.45, 2.75) is 31.3 Å².